The van der Waals surface area contributed by atoms with Crippen molar-refractivity contribution in [1.29, 1.82) is 0 Å². The molecule has 1 aliphatic rings. The Morgan fingerprint density at radius 1 is 1.35 bits per heavy atom. The van der Waals surface area contributed by atoms with Crippen molar-refractivity contribution in [2.24, 2.45) is 11.7 Å². The first kappa shape index (κ1) is 13.2. The minimum absolute atomic E-state index is 0.0886. The molecular weight excluding hydrogens is 254 g/mol. The molecule has 1 aromatic rings. The Balaban J connectivity index is 1.80. The second-order valence-corrected chi connectivity index (χ2v) is 6.21. The Labute approximate surface area is 112 Å². The molecular formula is C13H18ClNOS. The molecule has 2 nitrogen and oxygen atoms in total. The van der Waals surface area contributed by atoms with Crippen molar-refractivity contribution in [3.8, 4) is 0 Å². The van der Waals surface area contributed by atoms with Gasteiger partial charge < -0.3 is 10.8 Å². The summed E-state index contributed by atoms with van der Waals surface area (Å²) < 4.78 is 0. The van der Waals surface area contributed by atoms with Crippen molar-refractivity contribution < 1.29 is 5.11 Å². The topological polar surface area (TPSA) is 46.2 Å². The predicted molar refractivity (Wildman–Crippen MR) is 74.3 cm³/mol. The van der Waals surface area contributed by atoms with E-state index in [1.54, 1.807) is 11.8 Å². The normalized spacial score (nSPS) is 19.0. The number of hydrogen-bond acceptors (Lipinski definition) is 3. The highest BCUT2D eigenvalue weighted by atomic mass is 35.5. The van der Waals surface area contributed by atoms with E-state index < -0.39 is 0 Å². The van der Waals surface area contributed by atoms with Gasteiger partial charge in [0.1, 0.15) is 0 Å². The van der Waals surface area contributed by atoms with Crippen LogP contribution in [0.2, 0.25) is 5.02 Å². The third kappa shape index (κ3) is 3.62. The minimum atomic E-state index is -0.378. The quantitative estimate of drug-likeness (QED) is 0.836. The van der Waals surface area contributed by atoms with Gasteiger partial charge in [0.15, 0.2) is 0 Å². The summed E-state index contributed by atoms with van der Waals surface area (Å²) in [5.74, 6) is 2.25. The Kier molecular flexibility index (Phi) is 4.36. The summed E-state index contributed by atoms with van der Waals surface area (Å²) in [7, 11) is 0. The molecule has 0 spiro atoms. The number of nitrogens with two attached hydrogens (primary N) is 1. The average Bonchev–Trinajstić information content (AvgIpc) is 3.16. The molecule has 94 valence electrons. The van der Waals surface area contributed by atoms with Gasteiger partial charge in [-0.25, -0.2) is 0 Å². The second kappa shape index (κ2) is 5.61. The molecule has 0 heterocycles. The van der Waals surface area contributed by atoms with Crippen LogP contribution in [0.15, 0.2) is 24.3 Å². The number of aliphatic hydroxyl groups is 1. The Morgan fingerprint density at radius 2 is 2.00 bits per heavy atom. The number of aliphatic hydroxyl groups excluding tert-OH is 1. The Morgan fingerprint density at radius 3 is 2.53 bits per heavy atom. The lowest BCUT2D eigenvalue weighted by Gasteiger charge is -2.26. The van der Waals surface area contributed by atoms with Gasteiger partial charge in [-0.1, -0.05) is 23.7 Å². The number of benzene rings is 1. The van der Waals surface area contributed by atoms with E-state index in [0.29, 0.717) is 5.92 Å². The average molecular weight is 272 g/mol. The SMILES string of the molecule is NC(CO)(CSCc1ccc(Cl)cc1)C1CC1. The number of thioether (sulfide) groups is 1. The van der Waals surface area contributed by atoms with E-state index in [4.69, 9.17) is 17.3 Å². The third-order valence-corrected chi connectivity index (χ3v) is 4.77. The summed E-state index contributed by atoms with van der Waals surface area (Å²) in [4.78, 5) is 0. The molecule has 1 saturated carbocycles. The molecule has 3 N–H and O–H groups in total. The minimum Gasteiger partial charge on any atom is -0.394 e. The predicted octanol–water partition coefficient (Wildman–Crippen LogP) is 2.67. The van der Waals surface area contributed by atoms with Crippen molar-refractivity contribution in [2.75, 3.05) is 12.4 Å². The molecule has 17 heavy (non-hydrogen) atoms. The van der Waals surface area contributed by atoms with Crippen LogP contribution in [-0.4, -0.2) is 23.0 Å². The van der Waals surface area contributed by atoms with Gasteiger partial charge in [0.25, 0.3) is 0 Å². The van der Waals surface area contributed by atoms with E-state index >= 15 is 0 Å². The van der Waals surface area contributed by atoms with Crippen LogP contribution in [0.4, 0.5) is 0 Å². The maximum Gasteiger partial charge on any atom is 0.0622 e. The molecule has 1 atom stereocenters. The molecule has 0 saturated heterocycles. The molecule has 1 aromatic carbocycles. The van der Waals surface area contributed by atoms with E-state index in [1.807, 2.05) is 24.3 Å². The summed E-state index contributed by atoms with van der Waals surface area (Å²) >= 11 is 7.61. The number of hydrogen-bond donors (Lipinski definition) is 2. The molecule has 4 heteroatoms. The van der Waals surface area contributed by atoms with Gasteiger partial charge in [-0.05, 0) is 36.5 Å². The lowest BCUT2D eigenvalue weighted by Crippen LogP contribution is -2.48. The van der Waals surface area contributed by atoms with Gasteiger partial charge in [0, 0.05) is 16.5 Å². The zero-order valence-corrected chi connectivity index (χ0v) is 11.3. The molecule has 2 rings (SSSR count). The summed E-state index contributed by atoms with van der Waals surface area (Å²) in [5.41, 5.74) is 7.07. The first-order valence-electron chi connectivity index (χ1n) is 5.86. The van der Waals surface area contributed by atoms with Crippen molar-refractivity contribution in [3.63, 3.8) is 0 Å². The van der Waals surface area contributed by atoms with Gasteiger partial charge in [0.2, 0.25) is 0 Å². The van der Waals surface area contributed by atoms with Crippen molar-refractivity contribution in [3.05, 3.63) is 34.9 Å². The first-order chi connectivity index (χ1) is 8.14. The highest BCUT2D eigenvalue weighted by Gasteiger charge is 2.41. The van der Waals surface area contributed by atoms with Crippen LogP contribution in [0.5, 0.6) is 0 Å². The first-order valence-corrected chi connectivity index (χ1v) is 7.39. The summed E-state index contributed by atoms with van der Waals surface area (Å²) in [6.07, 6.45) is 2.33. The highest BCUT2D eigenvalue weighted by molar-refractivity contribution is 7.98. The lowest BCUT2D eigenvalue weighted by molar-refractivity contribution is 0.194. The zero-order chi connectivity index (χ0) is 12.3. The van der Waals surface area contributed by atoms with Crippen molar-refractivity contribution >= 4 is 23.4 Å². The zero-order valence-electron chi connectivity index (χ0n) is 9.73. The van der Waals surface area contributed by atoms with Crippen LogP contribution in [0.1, 0.15) is 18.4 Å². The molecule has 0 bridgehead atoms. The molecule has 1 unspecified atom stereocenters. The van der Waals surface area contributed by atoms with E-state index in [-0.39, 0.29) is 12.1 Å². The molecule has 1 fully saturated rings. The second-order valence-electron chi connectivity index (χ2n) is 4.78. The summed E-state index contributed by atoms with van der Waals surface area (Å²) in [6.45, 7) is 0.0886. The lowest BCUT2D eigenvalue weighted by atomic mass is 9.99. The molecule has 0 radical (unpaired) electrons. The van der Waals surface area contributed by atoms with Gasteiger partial charge in [0.05, 0.1) is 12.1 Å². The van der Waals surface area contributed by atoms with E-state index in [2.05, 4.69) is 0 Å². The third-order valence-electron chi connectivity index (χ3n) is 3.24. The molecule has 0 aliphatic heterocycles. The highest BCUT2D eigenvalue weighted by Crippen LogP contribution is 2.40. The van der Waals surface area contributed by atoms with E-state index in [9.17, 15) is 5.11 Å². The van der Waals surface area contributed by atoms with Crippen LogP contribution in [0, 0.1) is 5.92 Å². The largest absolute Gasteiger partial charge is 0.394 e. The molecule has 0 aromatic heterocycles. The fourth-order valence-corrected chi connectivity index (χ4v) is 3.25. The Bertz CT molecular complexity index is 366. The smallest absolute Gasteiger partial charge is 0.0622 e. The van der Waals surface area contributed by atoms with Crippen molar-refractivity contribution in [2.45, 2.75) is 24.1 Å². The monoisotopic (exact) mass is 271 g/mol. The van der Waals surface area contributed by atoms with Gasteiger partial charge >= 0.3 is 0 Å². The fourth-order valence-electron chi connectivity index (χ4n) is 1.89. The summed E-state index contributed by atoms with van der Waals surface area (Å²) in [5, 5.41) is 10.1. The van der Waals surface area contributed by atoms with Crippen LogP contribution in [0.3, 0.4) is 0 Å². The van der Waals surface area contributed by atoms with E-state index in [1.165, 1.54) is 18.4 Å². The van der Waals surface area contributed by atoms with Crippen molar-refractivity contribution in [1.82, 2.24) is 0 Å². The van der Waals surface area contributed by atoms with Gasteiger partial charge in [-0.3, -0.25) is 0 Å². The number of rotatable bonds is 6. The Hall–Kier alpha value is -0.220. The number of halogens is 1. The maximum absolute atomic E-state index is 9.37. The van der Waals surface area contributed by atoms with Crippen LogP contribution >= 0.6 is 23.4 Å². The summed E-state index contributed by atoms with van der Waals surface area (Å²) in [6, 6.07) is 7.87. The standard InChI is InChI=1S/C13H18ClNOS/c14-12-5-1-10(2-6-12)7-17-9-13(15,8-16)11-3-4-11/h1-2,5-6,11,16H,3-4,7-9,15H2. The van der Waals surface area contributed by atoms with Gasteiger partial charge in [-0.2, -0.15) is 11.8 Å². The molecule has 0 amide bonds. The molecule has 1 aliphatic carbocycles. The van der Waals surface area contributed by atoms with Crippen LogP contribution in [-0.2, 0) is 5.75 Å². The van der Waals surface area contributed by atoms with Gasteiger partial charge in [-0.15, -0.1) is 0 Å². The maximum atomic E-state index is 9.37. The van der Waals surface area contributed by atoms with Crippen LogP contribution in [0.25, 0.3) is 0 Å². The fraction of sp³-hybridized carbons (Fsp3) is 0.538. The van der Waals surface area contributed by atoms with E-state index in [0.717, 1.165) is 16.5 Å². The van der Waals surface area contributed by atoms with Crippen LogP contribution < -0.4 is 5.73 Å².